The predicted molar refractivity (Wildman–Crippen MR) is 67.4 cm³/mol. The van der Waals surface area contributed by atoms with E-state index in [-0.39, 0.29) is 0 Å². The zero-order chi connectivity index (χ0) is 12.4. The van der Waals surface area contributed by atoms with Gasteiger partial charge < -0.3 is 10.2 Å². The number of hydrogen-bond donors (Lipinski definition) is 1. The first-order chi connectivity index (χ1) is 8.83. The largest absolute Gasteiger partial charge is 0.435 e. The molecular formula is C13H10N4O. The van der Waals surface area contributed by atoms with Gasteiger partial charge in [0.2, 0.25) is 5.89 Å². The lowest BCUT2D eigenvalue weighted by atomic mass is 10.2. The van der Waals surface area contributed by atoms with Gasteiger partial charge in [-0.25, -0.2) is 9.97 Å². The van der Waals surface area contributed by atoms with Crippen LogP contribution in [0.25, 0.3) is 22.9 Å². The highest BCUT2D eigenvalue weighted by atomic mass is 16.4. The summed E-state index contributed by atoms with van der Waals surface area (Å²) >= 11 is 0. The van der Waals surface area contributed by atoms with E-state index in [4.69, 9.17) is 10.2 Å². The Morgan fingerprint density at radius 2 is 1.78 bits per heavy atom. The van der Waals surface area contributed by atoms with Crippen molar-refractivity contribution in [3.05, 3.63) is 49.1 Å². The van der Waals surface area contributed by atoms with E-state index in [9.17, 15) is 0 Å². The number of anilines is 1. The molecule has 0 saturated carbocycles. The molecule has 0 aliphatic rings. The Kier molecular flexibility index (Phi) is 2.49. The number of hydrogen-bond acceptors (Lipinski definition) is 5. The van der Waals surface area contributed by atoms with Gasteiger partial charge >= 0.3 is 0 Å². The van der Waals surface area contributed by atoms with Crippen LogP contribution >= 0.6 is 0 Å². The van der Waals surface area contributed by atoms with Crippen LogP contribution in [0, 0.1) is 0 Å². The van der Waals surface area contributed by atoms with Crippen LogP contribution < -0.4 is 5.73 Å². The van der Waals surface area contributed by atoms with Crippen molar-refractivity contribution in [2.24, 2.45) is 0 Å². The molecule has 0 aliphatic heterocycles. The number of nitrogen functional groups attached to an aromatic ring is 1. The minimum absolute atomic E-state index is 0.454. The maximum Gasteiger partial charge on any atom is 0.247 e. The maximum atomic E-state index is 5.64. The molecule has 1 aromatic carbocycles. The van der Waals surface area contributed by atoms with Gasteiger partial charge in [-0.3, -0.25) is 4.98 Å². The third-order valence-corrected chi connectivity index (χ3v) is 2.48. The first-order valence-electron chi connectivity index (χ1n) is 5.41. The molecule has 5 nitrogen and oxygen atoms in total. The fraction of sp³-hybridized carbons (Fsp3) is 0. The van der Waals surface area contributed by atoms with E-state index < -0.39 is 0 Å². The molecule has 18 heavy (non-hydrogen) atoms. The Hall–Kier alpha value is -2.69. The van der Waals surface area contributed by atoms with Crippen molar-refractivity contribution < 1.29 is 4.42 Å². The summed E-state index contributed by atoms with van der Waals surface area (Å²) in [4.78, 5) is 12.3. The minimum Gasteiger partial charge on any atom is -0.435 e. The lowest BCUT2D eigenvalue weighted by molar-refractivity contribution is 0.586. The van der Waals surface area contributed by atoms with E-state index in [2.05, 4.69) is 15.0 Å². The lowest BCUT2D eigenvalue weighted by Gasteiger charge is -1.97. The van der Waals surface area contributed by atoms with Crippen molar-refractivity contribution in [3.63, 3.8) is 0 Å². The van der Waals surface area contributed by atoms with E-state index in [0.29, 0.717) is 23.0 Å². The fourth-order valence-corrected chi connectivity index (χ4v) is 1.58. The summed E-state index contributed by atoms with van der Waals surface area (Å²) in [6, 6.07) is 7.41. The molecule has 0 amide bonds. The van der Waals surface area contributed by atoms with Gasteiger partial charge in [0.05, 0.1) is 12.4 Å². The Morgan fingerprint density at radius 1 is 0.944 bits per heavy atom. The highest BCUT2D eigenvalue weighted by molar-refractivity contribution is 5.61. The Bertz CT molecular complexity index is 646. The summed E-state index contributed by atoms with van der Waals surface area (Å²) in [7, 11) is 0. The second kappa shape index (κ2) is 4.29. The fourth-order valence-electron chi connectivity index (χ4n) is 1.58. The number of benzene rings is 1. The van der Waals surface area contributed by atoms with Gasteiger partial charge in [-0.1, -0.05) is 0 Å². The van der Waals surface area contributed by atoms with E-state index in [0.717, 1.165) is 5.56 Å². The molecule has 0 bridgehead atoms. The van der Waals surface area contributed by atoms with Crippen molar-refractivity contribution in [1.29, 1.82) is 0 Å². The van der Waals surface area contributed by atoms with Gasteiger partial charge in [0, 0.05) is 23.6 Å². The number of nitrogens with zero attached hydrogens (tertiary/aromatic N) is 3. The third-order valence-electron chi connectivity index (χ3n) is 2.48. The van der Waals surface area contributed by atoms with Gasteiger partial charge in [0.15, 0.2) is 5.76 Å². The normalized spacial score (nSPS) is 10.4. The molecule has 0 atom stereocenters. The van der Waals surface area contributed by atoms with E-state index in [1.165, 1.54) is 0 Å². The number of oxazole rings is 1. The molecule has 0 radical (unpaired) electrons. The molecular weight excluding hydrogens is 228 g/mol. The molecule has 0 saturated heterocycles. The predicted octanol–water partition coefficient (Wildman–Crippen LogP) is 2.38. The van der Waals surface area contributed by atoms with Crippen LogP contribution in [-0.2, 0) is 0 Å². The summed E-state index contributed by atoms with van der Waals surface area (Å²) in [5, 5.41) is 0. The van der Waals surface area contributed by atoms with Crippen LogP contribution in [0.5, 0.6) is 0 Å². The molecule has 0 aliphatic carbocycles. The van der Waals surface area contributed by atoms with Gasteiger partial charge in [-0.05, 0) is 24.3 Å². The standard InChI is InChI=1S/C13H10N4O/c14-10-3-1-9(2-4-10)12-8-17-13(18-12)11-7-15-5-6-16-11/h1-8H,14H2. The van der Waals surface area contributed by atoms with Gasteiger partial charge in [-0.15, -0.1) is 0 Å². The molecule has 3 aromatic rings. The number of nitrogens with two attached hydrogens (primary N) is 1. The molecule has 88 valence electrons. The first kappa shape index (κ1) is 10.5. The van der Waals surface area contributed by atoms with Crippen molar-refractivity contribution in [2.75, 3.05) is 5.73 Å². The van der Waals surface area contributed by atoms with E-state index in [1.807, 2.05) is 24.3 Å². The minimum atomic E-state index is 0.454. The molecule has 0 fully saturated rings. The van der Waals surface area contributed by atoms with Crippen LogP contribution in [0.2, 0.25) is 0 Å². The van der Waals surface area contributed by atoms with Gasteiger partial charge in [0.25, 0.3) is 0 Å². The summed E-state index contributed by atoms with van der Waals surface area (Å²) in [6.07, 6.45) is 6.48. The summed E-state index contributed by atoms with van der Waals surface area (Å²) < 4.78 is 5.64. The Balaban J connectivity index is 1.97. The average molecular weight is 238 g/mol. The third kappa shape index (κ3) is 1.93. The maximum absolute atomic E-state index is 5.64. The topological polar surface area (TPSA) is 77.8 Å². The lowest BCUT2D eigenvalue weighted by Crippen LogP contribution is -1.83. The monoisotopic (exact) mass is 238 g/mol. The molecule has 0 unspecified atom stereocenters. The molecule has 5 heteroatoms. The summed E-state index contributed by atoms with van der Waals surface area (Å²) in [6.45, 7) is 0. The summed E-state index contributed by atoms with van der Waals surface area (Å²) in [5.41, 5.74) is 7.89. The zero-order valence-corrected chi connectivity index (χ0v) is 9.45. The summed E-state index contributed by atoms with van der Waals surface area (Å²) in [5.74, 6) is 1.13. The van der Waals surface area contributed by atoms with Crippen molar-refractivity contribution >= 4 is 5.69 Å². The second-order valence-electron chi connectivity index (χ2n) is 3.74. The Labute approximate surface area is 103 Å². The molecule has 2 N–H and O–H groups in total. The van der Waals surface area contributed by atoms with Crippen LogP contribution in [0.1, 0.15) is 0 Å². The molecule has 0 spiro atoms. The van der Waals surface area contributed by atoms with Crippen LogP contribution in [0.15, 0.2) is 53.5 Å². The van der Waals surface area contributed by atoms with E-state index >= 15 is 0 Å². The van der Waals surface area contributed by atoms with Gasteiger partial charge in [-0.2, -0.15) is 0 Å². The van der Waals surface area contributed by atoms with Crippen LogP contribution in [-0.4, -0.2) is 15.0 Å². The molecule has 3 rings (SSSR count). The number of aromatic nitrogens is 3. The quantitative estimate of drug-likeness (QED) is 0.693. The SMILES string of the molecule is Nc1ccc(-c2cnc(-c3cnccn3)o2)cc1. The average Bonchev–Trinajstić information content (AvgIpc) is 2.90. The second-order valence-corrected chi connectivity index (χ2v) is 3.74. The van der Waals surface area contributed by atoms with Crippen molar-refractivity contribution in [2.45, 2.75) is 0 Å². The molecule has 2 heterocycles. The van der Waals surface area contributed by atoms with Gasteiger partial charge in [0.1, 0.15) is 5.69 Å². The first-order valence-corrected chi connectivity index (χ1v) is 5.41. The molecule has 2 aromatic heterocycles. The highest BCUT2D eigenvalue weighted by Crippen LogP contribution is 2.24. The van der Waals surface area contributed by atoms with Crippen molar-refractivity contribution in [1.82, 2.24) is 15.0 Å². The Morgan fingerprint density at radius 3 is 2.50 bits per heavy atom. The van der Waals surface area contributed by atoms with Crippen molar-refractivity contribution in [3.8, 4) is 22.9 Å². The van der Waals surface area contributed by atoms with E-state index in [1.54, 1.807) is 24.8 Å². The smallest absolute Gasteiger partial charge is 0.247 e. The number of rotatable bonds is 2. The van der Waals surface area contributed by atoms with Crippen LogP contribution in [0.4, 0.5) is 5.69 Å². The highest BCUT2D eigenvalue weighted by Gasteiger charge is 2.09. The zero-order valence-electron chi connectivity index (χ0n) is 9.45. The van der Waals surface area contributed by atoms with Crippen LogP contribution in [0.3, 0.4) is 0 Å².